The number of hydrogen-bond donors (Lipinski definition) is 2. The van der Waals surface area contributed by atoms with Crippen LogP contribution in [0.2, 0.25) is 0 Å². The summed E-state index contributed by atoms with van der Waals surface area (Å²) in [6.45, 7) is 1.28. The van der Waals surface area contributed by atoms with Crippen LogP contribution in [0.3, 0.4) is 0 Å². The van der Waals surface area contributed by atoms with Gasteiger partial charge in [0.25, 0.3) is 5.69 Å². The molecule has 0 bridgehead atoms. The second-order valence-electron chi connectivity index (χ2n) is 2.59. The summed E-state index contributed by atoms with van der Waals surface area (Å²) >= 11 is 0. The standard InChI is InChI=1S/C7H8FN3O2/c1-3-4(8)2-5(9)6(10)7(3)11(12)13/h2H,9-10H2,1H3. The van der Waals surface area contributed by atoms with E-state index in [4.69, 9.17) is 11.5 Å². The number of benzene rings is 1. The molecule has 0 aliphatic carbocycles. The normalized spacial score (nSPS) is 10.0. The zero-order chi connectivity index (χ0) is 10.2. The number of nitrogens with two attached hydrogens (primary N) is 2. The largest absolute Gasteiger partial charge is 0.397 e. The van der Waals surface area contributed by atoms with Crippen LogP contribution in [0.4, 0.5) is 21.5 Å². The molecule has 1 aromatic carbocycles. The molecule has 1 aromatic rings. The van der Waals surface area contributed by atoms with Crippen LogP contribution < -0.4 is 11.5 Å². The van der Waals surface area contributed by atoms with Gasteiger partial charge in [0.15, 0.2) is 0 Å². The van der Waals surface area contributed by atoms with Gasteiger partial charge in [0, 0.05) is 0 Å². The first kappa shape index (κ1) is 9.24. The monoisotopic (exact) mass is 185 g/mol. The molecule has 4 N–H and O–H groups in total. The highest BCUT2D eigenvalue weighted by atomic mass is 19.1. The van der Waals surface area contributed by atoms with Gasteiger partial charge >= 0.3 is 0 Å². The smallest absolute Gasteiger partial charge is 0.300 e. The minimum absolute atomic E-state index is 0.100. The molecular weight excluding hydrogens is 177 g/mol. The summed E-state index contributed by atoms with van der Waals surface area (Å²) < 4.78 is 12.9. The molecule has 0 radical (unpaired) electrons. The van der Waals surface area contributed by atoms with Gasteiger partial charge in [0.05, 0.1) is 16.2 Å². The van der Waals surface area contributed by atoms with Crippen molar-refractivity contribution in [3.63, 3.8) is 0 Å². The van der Waals surface area contributed by atoms with E-state index in [0.29, 0.717) is 0 Å². The molecule has 1 rings (SSSR count). The fourth-order valence-corrected chi connectivity index (χ4v) is 1.01. The number of nitro benzene ring substituents is 1. The highest BCUT2D eigenvalue weighted by Gasteiger charge is 2.21. The molecule has 0 fully saturated rings. The second-order valence-corrected chi connectivity index (χ2v) is 2.59. The maximum absolute atomic E-state index is 12.9. The molecular formula is C7H8FN3O2. The van der Waals surface area contributed by atoms with Crippen LogP contribution in [0.15, 0.2) is 6.07 Å². The Hall–Kier alpha value is -1.85. The van der Waals surface area contributed by atoms with Crippen molar-refractivity contribution in [1.82, 2.24) is 0 Å². The third kappa shape index (κ3) is 1.37. The molecule has 0 spiro atoms. The van der Waals surface area contributed by atoms with Crippen molar-refractivity contribution >= 4 is 17.1 Å². The number of halogens is 1. The van der Waals surface area contributed by atoms with Crippen molar-refractivity contribution in [2.75, 3.05) is 11.5 Å². The predicted molar refractivity (Wildman–Crippen MR) is 46.6 cm³/mol. The third-order valence-electron chi connectivity index (χ3n) is 1.74. The average molecular weight is 185 g/mol. The molecule has 0 aliphatic rings. The van der Waals surface area contributed by atoms with Crippen LogP contribution in [0.5, 0.6) is 0 Å². The van der Waals surface area contributed by atoms with Crippen LogP contribution in [0.25, 0.3) is 0 Å². The van der Waals surface area contributed by atoms with E-state index in [1.165, 1.54) is 6.92 Å². The number of nitrogen functional groups attached to an aromatic ring is 2. The minimum Gasteiger partial charge on any atom is -0.397 e. The number of anilines is 2. The van der Waals surface area contributed by atoms with E-state index in [-0.39, 0.29) is 16.9 Å². The first-order valence-corrected chi connectivity index (χ1v) is 3.43. The van der Waals surface area contributed by atoms with E-state index < -0.39 is 16.4 Å². The lowest BCUT2D eigenvalue weighted by Gasteiger charge is -2.04. The van der Waals surface area contributed by atoms with Crippen LogP contribution in [-0.2, 0) is 0 Å². The SMILES string of the molecule is Cc1c(F)cc(N)c(N)c1[N+](=O)[O-]. The van der Waals surface area contributed by atoms with Crippen molar-refractivity contribution < 1.29 is 9.31 Å². The van der Waals surface area contributed by atoms with Gasteiger partial charge in [0.2, 0.25) is 0 Å². The Morgan fingerprint density at radius 1 is 1.54 bits per heavy atom. The number of nitro groups is 1. The molecule has 6 heteroatoms. The van der Waals surface area contributed by atoms with Crippen LogP contribution in [0.1, 0.15) is 5.56 Å². The lowest BCUT2D eigenvalue weighted by Crippen LogP contribution is -2.04. The first-order valence-electron chi connectivity index (χ1n) is 3.43. The van der Waals surface area contributed by atoms with E-state index in [1.807, 2.05) is 0 Å². The van der Waals surface area contributed by atoms with Gasteiger partial charge in [0.1, 0.15) is 11.5 Å². The van der Waals surface area contributed by atoms with Gasteiger partial charge in [-0.05, 0) is 13.0 Å². The first-order chi connectivity index (χ1) is 5.95. The summed E-state index contributed by atoms with van der Waals surface area (Å²) in [5.74, 6) is -0.724. The highest BCUT2D eigenvalue weighted by molar-refractivity contribution is 5.76. The number of nitrogens with zero attached hydrogens (tertiary/aromatic N) is 1. The maximum atomic E-state index is 12.9. The maximum Gasteiger partial charge on any atom is 0.300 e. The summed E-state index contributed by atoms with van der Waals surface area (Å²) in [4.78, 5) is 9.70. The molecule has 0 aromatic heterocycles. The number of hydrogen-bond acceptors (Lipinski definition) is 4. The van der Waals surface area contributed by atoms with E-state index in [0.717, 1.165) is 6.07 Å². The molecule has 0 atom stereocenters. The fraction of sp³-hybridized carbons (Fsp3) is 0.143. The second kappa shape index (κ2) is 2.89. The van der Waals surface area contributed by atoms with Crippen molar-refractivity contribution in [2.24, 2.45) is 0 Å². The van der Waals surface area contributed by atoms with Crippen molar-refractivity contribution in [1.29, 1.82) is 0 Å². The summed E-state index contributed by atoms with van der Waals surface area (Å²) in [7, 11) is 0. The Kier molecular flexibility index (Phi) is 2.05. The average Bonchev–Trinajstić information content (AvgIpc) is 2.01. The van der Waals surface area contributed by atoms with Gasteiger partial charge in [-0.1, -0.05) is 0 Å². The Morgan fingerprint density at radius 3 is 2.54 bits per heavy atom. The molecule has 5 nitrogen and oxygen atoms in total. The molecule has 0 saturated heterocycles. The van der Waals surface area contributed by atoms with Gasteiger partial charge in [-0.15, -0.1) is 0 Å². The van der Waals surface area contributed by atoms with E-state index in [2.05, 4.69) is 0 Å². The summed E-state index contributed by atoms with van der Waals surface area (Å²) in [5, 5.41) is 10.5. The van der Waals surface area contributed by atoms with Gasteiger partial charge < -0.3 is 11.5 Å². The van der Waals surface area contributed by atoms with Gasteiger partial charge in [-0.3, -0.25) is 10.1 Å². The molecule has 0 unspecified atom stereocenters. The van der Waals surface area contributed by atoms with E-state index in [1.54, 1.807) is 0 Å². The molecule has 70 valence electrons. The lowest BCUT2D eigenvalue weighted by molar-refractivity contribution is -0.384. The quantitative estimate of drug-likeness (QED) is 0.390. The third-order valence-corrected chi connectivity index (χ3v) is 1.74. The Balaban J connectivity index is 3.56. The minimum atomic E-state index is -0.746. The predicted octanol–water partition coefficient (Wildman–Crippen LogP) is 1.21. The Labute approximate surface area is 73.3 Å². The van der Waals surface area contributed by atoms with Crippen molar-refractivity contribution in [3.8, 4) is 0 Å². The van der Waals surface area contributed by atoms with Crippen LogP contribution in [0, 0.1) is 22.9 Å². The summed E-state index contributed by atoms with van der Waals surface area (Å²) in [6, 6.07) is 0.970. The highest BCUT2D eigenvalue weighted by Crippen LogP contribution is 2.32. The zero-order valence-corrected chi connectivity index (χ0v) is 6.87. The molecule has 13 heavy (non-hydrogen) atoms. The Bertz CT molecular complexity index is 352. The van der Waals surface area contributed by atoms with E-state index in [9.17, 15) is 14.5 Å². The van der Waals surface area contributed by atoms with Crippen LogP contribution >= 0.6 is 0 Å². The van der Waals surface area contributed by atoms with Gasteiger partial charge in [-0.2, -0.15) is 0 Å². The lowest BCUT2D eigenvalue weighted by atomic mass is 10.1. The topological polar surface area (TPSA) is 95.2 Å². The van der Waals surface area contributed by atoms with Crippen molar-refractivity contribution in [2.45, 2.75) is 6.92 Å². The summed E-state index contributed by atoms with van der Waals surface area (Å²) in [6.07, 6.45) is 0. The zero-order valence-electron chi connectivity index (χ0n) is 6.87. The Morgan fingerprint density at radius 2 is 2.08 bits per heavy atom. The van der Waals surface area contributed by atoms with Crippen LogP contribution in [-0.4, -0.2) is 4.92 Å². The molecule has 0 saturated carbocycles. The molecule has 0 aliphatic heterocycles. The van der Waals surface area contributed by atoms with E-state index >= 15 is 0 Å². The summed E-state index contributed by atoms with van der Waals surface area (Å²) in [5.41, 5.74) is 9.71. The fourth-order valence-electron chi connectivity index (χ4n) is 1.01. The van der Waals surface area contributed by atoms with Crippen molar-refractivity contribution in [3.05, 3.63) is 27.6 Å². The number of rotatable bonds is 1. The molecule has 0 amide bonds. The van der Waals surface area contributed by atoms with Gasteiger partial charge in [-0.25, -0.2) is 4.39 Å². The molecule has 0 heterocycles.